The van der Waals surface area contributed by atoms with Crippen molar-refractivity contribution in [3.05, 3.63) is 64.9 Å². The van der Waals surface area contributed by atoms with Gasteiger partial charge < -0.3 is 19.9 Å². The summed E-state index contributed by atoms with van der Waals surface area (Å²) in [5.41, 5.74) is 9.48. The number of nitrogens with one attached hydrogen (secondary N) is 2. The Morgan fingerprint density at radius 3 is 2.97 bits per heavy atom. The maximum absolute atomic E-state index is 6.24. The molecule has 6 rings (SSSR count). The number of fused-ring (bicyclic) bond motifs is 2. The molecule has 4 heterocycles. The summed E-state index contributed by atoms with van der Waals surface area (Å²) in [4.78, 5) is 20.0. The van der Waals surface area contributed by atoms with Crippen LogP contribution in [-0.2, 0) is 13.1 Å². The molecule has 192 valence electrons. The normalized spacial score (nSPS) is 19.4. The van der Waals surface area contributed by atoms with Gasteiger partial charge >= 0.3 is 0 Å². The van der Waals surface area contributed by atoms with E-state index in [-0.39, 0.29) is 0 Å². The molecule has 2 aliphatic heterocycles. The topological polar surface area (TPSA) is 78.4 Å². The average Bonchev–Trinajstić information content (AvgIpc) is 3.15. The van der Waals surface area contributed by atoms with E-state index in [9.17, 15) is 0 Å². The number of pyridine rings is 1. The van der Waals surface area contributed by atoms with Crippen LogP contribution in [0, 0.1) is 5.41 Å². The zero-order valence-corrected chi connectivity index (χ0v) is 22.1. The lowest BCUT2D eigenvalue weighted by Gasteiger charge is -2.37. The Morgan fingerprint density at radius 2 is 2.08 bits per heavy atom. The molecular formula is C30H36N6O. The van der Waals surface area contributed by atoms with Gasteiger partial charge in [-0.25, -0.2) is 9.97 Å². The zero-order valence-electron chi connectivity index (χ0n) is 22.1. The van der Waals surface area contributed by atoms with E-state index in [0.717, 1.165) is 72.6 Å². The molecule has 2 N–H and O–H groups in total. The van der Waals surface area contributed by atoms with E-state index in [4.69, 9.17) is 9.73 Å². The molecule has 0 amide bonds. The van der Waals surface area contributed by atoms with Gasteiger partial charge in [0, 0.05) is 41.5 Å². The van der Waals surface area contributed by atoms with Crippen molar-refractivity contribution in [1.29, 1.82) is 0 Å². The number of hydrogen-bond acceptors (Lipinski definition) is 6. The molecule has 1 aliphatic carbocycles. The highest BCUT2D eigenvalue weighted by molar-refractivity contribution is 5.78. The van der Waals surface area contributed by atoms with E-state index in [2.05, 4.69) is 75.6 Å². The second-order valence-electron chi connectivity index (χ2n) is 11.1. The number of ether oxygens (including phenoxy) is 1. The van der Waals surface area contributed by atoms with Crippen LogP contribution in [0.25, 0.3) is 22.3 Å². The number of rotatable bonds is 4. The summed E-state index contributed by atoms with van der Waals surface area (Å²) in [6.45, 7) is 7.82. The van der Waals surface area contributed by atoms with Gasteiger partial charge in [-0.05, 0) is 73.9 Å². The number of H-pyrrole nitrogens is 1. The van der Waals surface area contributed by atoms with E-state index in [1.165, 1.54) is 29.0 Å². The fourth-order valence-corrected chi connectivity index (χ4v) is 5.71. The number of benzene rings is 1. The van der Waals surface area contributed by atoms with Gasteiger partial charge in [-0.1, -0.05) is 26.0 Å². The van der Waals surface area contributed by atoms with Crippen molar-refractivity contribution < 1.29 is 4.74 Å². The molecule has 0 fully saturated rings. The van der Waals surface area contributed by atoms with Gasteiger partial charge in [0.2, 0.25) is 0 Å². The standard InChI is InChI=1S/C30H36N6O/c1-30(2)10-9-24-23(16-30)26(6-4-5-11-32-24)36-12-13-37-27-8-7-20(14-22(27)19-36)21-15-25-29(33-17-21)35-28(34-25)18-31-3/h6-8,11,14-15,17,31H,4-5,9-10,12-13,16,18-19H2,1-3H3,(H,33,34,35). The number of hydrogen-bond donors (Lipinski definition) is 2. The van der Waals surface area contributed by atoms with Gasteiger partial charge in [0.15, 0.2) is 5.65 Å². The summed E-state index contributed by atoms with van der Waals surface area (Å²) < 4.78 is 6.24. The molecule has 7 heteroatoms. The predicted octanol–water partition coefficient (Wildman–Crippen LogP) is 5.75. The van der Waals surface area contributed by atoms with E-state index < -0.39 is 0 Å². The van der Waals surface area contributed by atoms with Crippen molar-refractivity contribution in [2.75, 3.05) is 20.2 Å². The van der Waals surface area contributed by atoms with Crippen LogP contribution in [0.1, 0.15) is 57.3 Å². The van der Waals surface area contributed by atoms with E-state index >= 15 is 0 Å². The fraction of sp³-hybridized carbons (Fsp3) is 0.433. The minimum Gasteiger partial charge on any atom is -0.491 e. The van der Waals surface area contributed by atoms with Crippen molar-refractivity contribution in [3.63, 3.8) is 0 Å². The summed E-state index contributed by atoms with van der Waals surface area (Å²) in [6.07, 6.45) is 11.8. The van der Waals surface area contributed by atoms with Gasteiger partial charge in [-0.2, -0.15) is 0 Å². The van der Waals surface area contributed by atoms with Gasteiger partial charge in [0.1, 0.15) is 18.2 Å². The van der Waals surface area contributed by atoms with Crippen molar-refractivity contribution in [3.8, 4) is 16.9 Å². The molecule has 7 nitrogen and oxygen atoms in total. The molecule has 0 saturated heterocycles. The SMILES string of the molecule is CNCc1nc2ncc(-c3ccc4c(c3)CN(C3=CCCC=NC5=C3CC(C)(C)CC5)CCO4)cc2[nH]1. The van der Waals surface area contributed by atoms with Gasteiger partial charge in [0.05, 0.1) is 18.6 Å². The Kier molecular flexibility index (Phi) is 6.32. The molecule has 0 bridgehead atoms. The number of aliphatic imine (C=N–C) groups is 1. The van der Waals surface area contributed by atoms with Crippen LogP contribution < -0.4 is 10.1 Å². The molecule has 0 unspecified atom stereocenters. The van der Waals surface area contributed by atoms with E-state index in [1.807, 2.05) is 13.2 Å². The minimum atomic E-state index is 0.297. The maximum Gasteiger partial charge on any atom is 0.177 e. The molecule has 3 aromatic rings. The minimum absolute atomic E-state index is 0.297. The third-order valence-corrected chi connectivity index (χ3v) is 7.68. The van der Waals surface area contributed by atoms with Crippen molar-refractivity contribution in [2.45, 2.75) is 59.0 Å². The Labute approximate surface area is 218 Å². The van der Waals surface area contributed by atoms with Crippen molar-refractivity contribution >= 4 is 17.4 Å². The average molecular weight is 497 g/mol. The first kappa shape index (κ1) is 23.9. The third kappa shape index (κ3) is 4.92. The van der Waals surface area contributed by atoms with Gasteiger partial charge in [-0.15, -0.1) is 0 Å². The third-order valence-electron chi connectivity index (χ3n) is 7.68. The zero-order chi connectivity index (χ0) is 25.4. The number of aromatic amines is 1. The maximum atomic E-state index is 6.24. The molecule has 37 heavy (non-hydrogen) atoms. The van der Waals surface area contributed by atoms with E-state index in [1.54, 1.807) is 0 Å². The highest BCUT2D eigenvalue weighted by Gasteiger charge is 2.31. The second-order valence-corrected chi connectivity index (χ2v) is 11.1. The van der Waals surface area contributed by atoms with Crippen LogP contribution in [0.5, 0.6) is 5.75 Å². The smallest absolute Gasteiger partial charge is 0.177 e. The highest BCUT2D eigenvalue weighted by atomic mass is 16.5. The molecular weight excluding hydrogens is 460 g/mol. The van der Waals surface area contributed by atoms with Crippen LogP contribution in [0.2, 0.25) is 0 Å². The van der Waals surface area contributed by atoms with Crippen LogP contribution in [-0.4, -0.2) is 46.3 Å². The Balaban J connectivity index is 1.33. The lowest BCUT2D eigenvalue weighted by molar-refractivity contribution is 0.256. The summed E-state index contributed by atoms with van der Waals surface area (Å²) in [6, 6.07) is 8.66. The molecule has 0 spiro atoms. The van der Waals surface area contributed by atoms with Crippen molar-refractivity contribution in [1.82, 2.24) is 25.2 Å². The summed E-state index contributed by atoms with van der Waals surface area (Å²) in [5, 5.41) is 3.14. The number of nitrogens with zero attached hydrogens (tertiary/aromatic N) is 4. The highest BCUT2D eigenvalue weighted by Crippen LogP contribution is 2.44. The Morgan fingerprint density at radius 1 is 1.16 bits per heavy atom. The molecule has 0 atom stereocenters. The summed E-state index contributed by atoms with van der Waals surface area (Å²) in [5.74, 6) is 1.87. The molecule has 1 aromatic carbocycles. The quantitative estimate of drug-likeness (QED) is 0.481. The predicted molar refractivity (Wildman–Crippen MR) is 148 cm³/mol. The largest absolute Gasteiger partial charge is 0.491 e. The van der Waals surface area contributed by atoms with Crippen LogP contribution in [0.4, 0.5) is 0 Å². The lowest BCUT2D eigenvalue weighted by atomic mass is 9.74. The van der Waals surface area contributed by atoms with Crippen molar-refractivity contribution in [2.24, 2.45) is 10.4 Å². The Hall–Kier alpha value is -3.45. The Bertz CT molecular complexity index is 1410. The first-order chi connectivity index (χ1) is 18.0. The second kappa shape index (κ2) is 9.78. The first-order valence-electron chi connectivity index (χ1n) is 13.4. The molecule has 2 aromatic heterocycles. The summed E-state index contributed by atoms with van der Waals surface area (Å²) >= 11 is 0. The van der Waals surface area contributed by atoms with Gasteiger partial charge in [0.25, 0.3) is 0 Å². The number of imidazole rings is 1. The van der Waals surface area contributed by atoms with Crippen LogP contribution >= 0.6 is 0 Å². The number of allylic oxidation sites excluding steroid dienone is 3. The van der Waals surface area contributed by atoms with E-state index in [0.29, 0.717) is 18.6 Å². The monoisotopic (exact) mass is 496 g/mol. The van der Waals surface area contributed by atoms with Crippen LogP contribution in [0.15, 0.2) is 58.5 Å². The van der Waals surface area contributed by atoms with Crippen LogP contribution in [0.3, 0.4) is 0 Å². The molecule has 3 aliphatic rings. The lowest BCUT2D eigenvalue weighted by Crippen LogP contribution is -2.30. The number of aromatic nitrogens is 3. The molecule has 0 radical (unpaired) electrons. The molecule has 0 saturated carbocycles. The fourth-order valence-electron chi connectivity index (χ4n) is 5.71. The summed E-state index contributed by atoms with van der Waals surface area (Å²) in [7, 11) is 1.92. The first-order valence-corrected chi connectivity index (χ1v) is 13.4. The van der Waals surface area contributed by atoms with Gasteiger partial charge in [-0.3, -0.25) is 4.99 Å².